The molecule has 1 saturated carbocycles. The fourth-order valence-corrected chi connectivity index (χ4v) is 6.02. The van der Waals surface area contributed by atoms with Crippen molar-refractivity contribution in [3.63, 3.8) is 0 Å². The maximum atomic E-state index is 13.0. The second-order valence-electron chi connectivity index (χ2n) is 10.4. The molecule has 7 heteroatoms. The van der Waals surface area contributed by atoms with Gasteiger partial charge in [0.1, 0.15) is 11.5 Å². The number of nitrogens with zero attached hydrogens (tertiary/aromatic N) is 4. The predicted octanol–water partition coefficient (Wildman–Crippen LogP) is 5.22. The number of carbonyl (C=O) groups excluding carboxylic acids is 2. The van der Waals surface area contributed by atoms with Crippen molar-refractivity contribution in [3.8, 4) is 11.3 Å². The van der Waals surface area contributed by atoms with Crippen LogP contribution in [0.2, 0.25) is 0 Å². The number of Topliss-reactive ketones (excluding diaryl/α,β-unsaturated/α-hetero) is 1. The highest BCUT2D eigenvalue weighted by Crippen LogP contribution is 2.31. The first-order valence-corrected chi connectivity index (χ1v) is 12.9. The first kappa shape index (κ1) is 23.5. The van der Waals surface area contributed by atoms with Crippen LogP contribution in [-0.4, -0.2) is 56.7 Å². The van der Waals surface area contributed by atoms with E-state index < -0.39 is 0 Å². The van der Waals surface area contributed by atoms with Gasteiger partial charge in [-0.1, -0.05) is 38.2 Å². The minimum Gasteiger partial charge on any atom is -0.352 e. The summed E-state index contributed by atoms with van der Waals surface area (Å²) in [6.07, 6.45) is 10.3. The third-order valence-electron chi connectivity index (χ3n) is 7.67. The standard InChI is InChI=1S/C28H35N5O2/c1-18-16-32(17-19(2)33(18)20(3)34)27-11-7-10-25(31-27)24-15-30-28-23(24)13-22(14-29-28)26(35)12-21-8-5-4-6-9-21/h7,10-11,13-15,18-19,21H,4-6,8-9,12,16-17H2,1-3H3,(H,29,30)/t18-,19+. The molecule has 4 heterocycles. The Morgan fingerprint density at radius 2 is 1.83 bits per heavy atom. The second-order valence-corrected chi connectivity index (χ2v) is 10.4. The number of aromatic nitrogens is 3. The van der Waals surface area contributed by atoms with Crippen LogP contribution in [-0.2, 0) is 4.79 Å². The van der Waals surface area contributed by atoms with E-state index in [0.717, 1.165) is 54.0 Å². The van der Waals surface area contributed by atoms with Crippen LogP contribution in [0.25, 0.3) is 22.3 Å². The quantitative estimate of drug-likeness (QED) is 0.514. The van der Waals surface area contributed by atoms with Crippen LogP contribution >= 0.6 is 0 Å². The minimum absolute atomic E-state index is 0.117. The maximum absolute atomic E-state index is 13.0. The Morgan fingerprint density at radius 1 is 1.09 bits per heavy atom. The Labute approximate surface area is 206 Å². The van der Waals surface area contributed by atoms with E-state index in [0.29, 0.717) is 17.9 Å². The Balaban J connectivity index is 1.40. The Morgan fingerprint density at radius 3 is 2.54 bits per heavy atom. The topological polar surface area (TPSA) is 82.2 Å². The zero-order valence-electron chi connectivity index (χ0n) is 21.0. The lowest BCUT2D eigenvalue weighted by Crippen LogP contribution is -2.58. The van der Waals surface area contributed by atoms with Crippen LogP contribution in [0.4, 0.5) is 5.82 Å². The average Bonchev–Trinajstić information content (AvgIpc) is 3.27. The summed E-state index contributed by atoms with van der Waals surface area (Å²) in [4.78, 5) is 42.1. The summed E-state index contributed by atoms with van der Waals surface area (Å²) in [6.45, 7) is 7.31. The summed E-state index contributed by atoms with van der Waals surface area (Å²) >= 11 is 0. The second kappa shape index (κ2) is 9.80. The van der Waals surface area contributed by atoms with E-state index in [4.69, 9.17) is 4.98 Å². The van der Waals surface area contributed by atoms with Gasteiger partial charge in [0.15, 0.2) is 5.78 Å². The number of amides is 1. The van der Waals surface area contributed by atoms with Gasteiger partial charge >= 0.3 is 0 Å². The van der Waals surface area contributed by atoms with E-state index in [1.165, 1.54) is 19.3 Å². The van der Waals surface area contributed by atoms with E-state index in [9.17, 15) is 9.59 Å². The van der Waals surface area contributed by atoms with Crippen molar-refractivity contribution in [3.05, 3.63) is 42.2 Å². The van der Waals surface area contributed by atoms with E-state index in [1.807, 2.05) is 35.4 Å². The number of fused-ring (bicyclic) bond motifs is 1. The molecule has 7 nitrogen and oxygen atoms in total. The zero-order chi connectivity index (χ0) is 24.5. The van der Waals surface area contributed by atoms with Crippen LogP contribution in [0.3, 0.4) is 0 Å². The van der Waals surface area contributed by atoms with Crippen LogP contribution in [0.15, 0.2) is 36.7 Å². The third kappa shape index (κ3) is 4.81. The number of rotatable bonds is 5. The average molecular weight is 474 g/mol. The molecule has 0 unspecified atom stereocenters. The fourth-order valence-electron chi connectivity index (χ4n) is 6.02. The summed E-state index contributed by atoms with van der Waals surface area (Å²) in [5.41, 5.74) is 3.24. The molecule has 0 bridgehead atoms. The van der Waals surface area contributed by atoms with E-state index in [1.54, 1.807) is 13.1 Å². The summed E-state index contributed by atoms with van der Waals surface area (Å²) in [7, 11) is 0. The van der Waals surface area contributed by atoms with Gasteiger partial charge in [0, 0.05) is 67.4 Å². The lowest BCUT2D eigenvalue weighted by atomic mass is 9.85. The number of H-pyrrole nitrogens is 1. The minimum atomic E-state index is 0.117. The molecule has 0 radical (unpaired) electrons. The van der Waals surface area contributed by atoms with Crippen molar-refractivity contribution < 1.29 is 9.59 Å². The Bertz CT molecular complexity index is 1220. The van der Waals surface area contributed by atoms with Crippen molar-refractivity contribution >= 4 is 28.5 Å². The number of hydrogen-bond donors (Lipinski definition) is 1. The van der Waals surface area contributed by atoms with E-state index in [2.05, 4.69) is 28.7 Å². The van der Waals surface area contributed by atoms with Gasteiger partial charge in [-0.15, -0.1) is 0 Å². The van der Waals surface area contributed by atoms with Crippen LogP contribution in [0.1, 0.15) is 69.7 Å². The largest absolute Gasteiger partial charge is 0.352 e. The smallest absolute Gasteiger partial charge is 0.220 e. The van der Waals surface area contributed by atoms with Crippen LogP contribution in [0.5, 0.6) is 0 Å². The lowest BCUT2D eigenvalue weighted by Gasteiger charge is -2.44. The summed E-state index contributed by atoms with van der Waals surface area (Å²) in [6, 6.07) is 8.27. The van der Waals surface area contributed by atoms with Gasteiger partial charge in [0.05, 0.1) is 5.69 Å². The molecule has 3 aromatic heterocycles. The molecule has 1 N–H and O–H groups in total. The molecule has 35 heavy (non-hydrogen) atoms. The number of carbonyl (C=O) groups is 2. The molecule has 0 aromatic carbocycles. The van der Waals surface area contributed by atoms with Gasteiger partial charge < -0.3 is 14.8 Å². The van der Waals surface area contributed by atoms with Crippen LogP contribution < -0.4 is 4.90 Å². The normalized spacial score (nSPS) is 21.5. The molecule has 1 amide bonds. The molecule has 1 saturated heterocycles. The molecule has 2 fully saturated rings. The number of ketones is 1. The molecule has 1 aliphatic carbocycles. The number of piperazine rings is 1. The van der Waals surface area contributed by atoms with Gasteiger partial charge in [-0.25, -0.2) is 9.97 Å². The first-order valence-electron chi connectivity index (χ1n) is 12.9. The monoisotopic (exact) mass is 473 g/mol. The molecule has 2 aliphatic rings. The fraction of sp³-hybridized carbons (Fsp3) is 0.500. The number of pyridine rings is 2. The molecular formula is C28H35N5O2. The van der Waals surface area contributed by atoms with E-state index in [-0.39, 0.29) is 23.8 Å². The highest BCUT2D eigenvalue weighted by molar-refractivity contribution is 6.01. The van der Waals surface area contributed by atoms with Gasteiger partial charge in [-0.3, -0.25) is 9.59 Å². The Hall–Kier alpha value is -3.22. The summed E-state index contributed by atoms with van der Waals surface area (Å²) < 4.78 is 0. The van der Waals surface area contributed by atoms with Crippen molar-refractivity contribution in [2.75, 3.05) is 18.0 Å². The zero-order valence-corrected chi connectivity index (χ0v) is 21.0. The highest BCUT2D eigenvalue weighted by atomic mass is 16.2. The van der Waals surface area contributed by atoms with Crippen molar-refractivity contribution in [1.29, 1.82) is 0 Å². The van der Waals surface area contributed by atoms with E-state index >= 15 is 0 Å². The highest BCUT2D eigenvalue weighted by Gasteiger charge is 2.31. The third-order valence-corrected chi connectivity index (χ3v) is 7.67. The molecule has 2 atom stereocenters. The number of nitrogens with one attached hydrogen (secondary N) is 1. The van der Waals surface area contributed by atoms with Gasteiger partial charge in [-0.2, -0.15) is 0 Å². The molecule has 5 rings (SSSR count). The molecule has 184 valence electrons. The Kier molecular flexibility index (Phi) is 6.58. The van der Waals surface area contributed by atoms with Crippen molar-refractivity contribution in [2.24, 2.45) is 5.92 Å². The molecule has 3 aromatic rings. The van der Waals surface area contributed by atoms with Crippen LogP contribution in [0, 0.1) is 5.92 Å². The maximum Gasteiger partial charge on any atom is 0.220 e. The summed E-state index contributed by atoms with van der Waals surface area (Å²) in [5.74, 6) is 1.71. The molecule has 1 aliphatic heterocycles. The van der Waals surface area contributed by atoms with Gasteiger partial charge in [0.2, 0.25) is 5.91 Å². The number of anilines is 1. The SMILES string of the molecule is CC(=O)N1[C@H](C)CN(c2cccc(-c3c[nH]c4ncc(C(=O)CC5CCCCC5)cc34)n2)C[C@@H]1C. The van der Waals surface area contributed by atoms with Gasteiger partial charge in [0.25, 0.3) is 0 Å². The number of hydrogen-bond acceptors (Lipinski definition) is 5. The predicted molar refractivity (Wildman–Crippen MR) is 139 cm³/mol. The first-order chi connectivity index (χ1) is 16.9. The molecular weight excluding hydrogens is 438 g/mol. The van der Waals surface area contributed by atoms with Crippen molar-refractivity contribution in [1.82, 2.24) is 19.9 Å². The summed E-state index contributed by atoms with van der Waals surface area (Å²) in [5, 5.41) is 0.923. The number of aromatic amines is 1. The van der Waals surface area contributed by atoms with Gasteiger partial charge in [-0.05, 0) is 38.0 Å². The van der Waals surface area contributed by atoms with Crippen molar-refractivity contribution in [2.45, 2.75) is 71.4 Å². The molecule has 0 spiro atoms. The lowest BCUT2D eigenvalue weighted by molar-refractivity contribution is -0.133.